The summed E-state index contributed by atoms with van der Waals surface area (Å²) in [4.78, 5) is 16.8. The third-order valence-electron chi connectivity index (χ3n) is 7.03. The first-order valence-corrected chi connectivity index (χ1v) is 14.4. The maximum atomic E-state index is 12.7. The van der Waals surface area contributed by atoms with Gasteiger partial charge in [-0.2, -0.15) is 15.1 Å². The molecule has 0 bridgehead atoms. The molecular formula is C30H34N4O4S. The lowest BCUT2D eigenvalue weighted by molar-refractivity contribution is -0.114. The van der Waals surface area contributed by atoms with Crippen LogP contribution in [0.1, 0.15) is 68.9 Å². The number of benzene rings is 2. The van der Waals surface area contributed by atoms with Crippen LogP contribution in [0.15, 0.2) is 58.1 Å². The Labute approximate surface area is 233 Å². The Morgan fingerprint density at radius 2 is 1.82 bits per heavy atom. The van der Waals surface area contributed by atoms with Crippen molar-refractivity contribution in [1.29, 1.82) is 5.41 Å². The van der Waals surface area contributed by atoms with Gasteiger partial charge in [-0.15, -0.1) is 0 Å². The second-order valence-electron chi connectivity index (χ2n) is 9.77. The van der Waals surface area contributed by atoms with Gasteiger partial charge in [-0.1, -0.05) is 44.4 Å². The van der Waals surface area contributed by atoms with Crippen LogP contribution in [-0.2, 0) is 4.79 Å². The van der Waals surface area contributed by atoms with E-state index in [-0.39, 0.29) is 11.4 Å². The van der Waals surface area contributed by atoms with E-state index >= 15 is 0 Å². The highest BCUT2D eigenvalue weighted by Gasteiger charge is 2.35. The molecule has 1 saturated carbocycles. The highest BCUT2D eigenvalue weighted by Crippen LogP contribution is 2.34. The number of amides is 1. The summed E-state index contributed by atoms with van der Waals surface area (Å²) >= 11 is 1.35. The minimum Gasteiger partial charge on any atom is -0.493 e. The molecule has 0 radical (unpaired) electrons. The molecule has 0 aromatic heterocycles. The topological polar surface area (TPSA) is 96.6 Å². The van der Waals surface area contributed by atoms with E-state index in [1.165, 1.54) is 54.4 Å². The third kappa shape index (κ3) is 6.36. The van der Waals surface area contributed by atoms with Crippen molar-refractivity contribution >= 4 is 39.8 Å². The van der Waals surface area contributed by atoms with Crippen LogP contribution < -0.4 is 14.2 Å². The van der Waals surface area contributed by atoms with E-state index in [2.05, 4.69) is 29.2 Å². The number of carbonyl (C=O) groups is 1. The Balaban J connectivity index is 1.18. The lowest BCUT2D eigenvalue weighted by Gasteiger charge is -2.22. The summed E-state index contributed by atoms with van der Waals surface area (Å²) in [6.07, 6.45) is 9.93. The van der Waals surface area contributed by atoms with Gasteiger partial charge in [0.2, 0.25) is 5.17 Å². The molecule has 0 saturated heterocycles. The first kappa shape index (κ1) is 27.0. The smallest absolute Gasteiger partial charge is 0.283 e. The zero-order chi connectivity index (χ0) is 27.2. The largest absolute Gasteiger partial charge is 0.493 e. The summed E-state index contributed by atoms with van der Waals surface area (Å²) in [5.74, 6) is 2.19. The second kappa shape index (κ2) is 12.5. The van der Waals surface area contributed by atoms with Crippen LogP contribution in [0.4, 0.5) is 0 Å². The van der Waals surface area contributed by atoms with Crippen molar-refractivity contribution in [2.24, 2.45) is 10.1 Å². The van der Waals surface area contributed by atoms with Gasteiger partial charge in [0.1, 0.15) is 24.0 Å². The monoisotopic (exact) mass is 546 g/mol. The lowest BCUT2D eigenvalue weighted by atomic mass is 9.84. The number of nitrogens with zero attached hydrogens (tertiary/aromatic N) is 3. The zero-order valence-electron chi connectivity index (χ0n) is 22.4. The van der Waals surface area contributed by atoms with E-state index in [1.807, 2.05) is 18.2 Å². The molecule has 3 aliphatic rings. The Kier molecular flexibility index (Phi) is 8.66. The lowest BCUT2D eigenvalue weighted by Crippen LogP contribution is -2.35. The Hall–Kier alpha value is -3.59. The molecule has 39 heavy (non-hydrogen) atoms. The van der Waals surface area contributed by atoms with Crippen LogP contribution in [-0.4, -0.2) is 47.3 Å². The minimum atomic E-state index is -0.449. The first-order chi connectivity index (χ1) is 19.1. The number of rotatable bonds is 10. The SMILES string of the molecule is CCCC1=NN2C(=N)/C(=C/c3ccc(OCCOc4ccc(C5CCCCC5)cc4)c(OC)c3)C(=O)N=C2S1. The fraction of sp³-hybridized carbons (Fsp3) is 0.400. The maximum Gasteiger partial charge on any atom is 0.283 e. The van der Waals surface area contributed by atoms with Crippen molar-refractivity contribution in [2.45, 2.75) is 57.8 Å². The fourth-order valence-corrected chi connectivity index (χ4v) is 5.98. The first-order valence-electron chi connectivity index (χ1n) is 13.6. The number of hydrogen-bond acceptors (Lipinski definition) is 7. The number of amidine groups is 2. The van der Waals surface area contributed by atoms with E-state index in [0.29, 0.717) is 41.4 Å². The molecule has 2 aromatic carbocycles. The highest BCUT2D eigenvalue weighted by molar-refractivity contribution is 8.26. The van der Waals surface area contributed by atoms with Crippen LogP contribution >= 0.6 is 11.8 Å². The summed E-state index contributed by atoms with van der Waals surface area (Å²) in [5, 5.41) is 15.7. The number of nitrogens with one attached hydrogen (secondary N) is 1. The van der Waals surface area contributed by atoms with Gasteiger partial charge in [0.25, 0.3) is 5.91 Å². The summed E-state index contributed by atoms with van der Waals surface area (Å²) in [6, 6.07) is 13.8. The van der Waals surface area contributed by atoms with Gasteiger partial charge in [0.05, 0.1) is 12.7 Å². The van der Waals surface area contributed by atoms with Crippen LogP contribution in [0.25, 0.3) is 6.08 Å². The van der Waals surface area contributed by atoms with Gasteiger partial charge in [-0.25, -0.2) is 0 Å². The van der Waals surface area contributed by atoms with Gasteiger partial charge < -0.3 is 14.2 Å². The van der Waals surface area contributed by atoms with E-state index in [1.54, 1.807) is 25.3 Å². The van der Waals surface area contributed by atoms with E-state index in [0.717, 1.165) is 23.6 Å². The average Bonchev–Trinajstić information content (AvgIpc) is 3.37. The molecule has 5 rings (SSSR count). The third-order valence-corrected chi connectivity index (χ3v) is 7.99. The number of methoxy groups -OCH3 is 1. The molecule has 0 unspecified atom stereocenters. The summed E-state index contributed by atoms with van der Waals surface area (Å²) < 4.78 is 17.3. The molecule has 0 spiro atoms. The number of hydrogen-bond donors (Lipinski definition) is 1. The second-order valence-corrected chi connectivity index (χ2v) is 10.8. The van der Waals surface area contributed by atoms with Crippen molar-refractivity contribution in [3.63, 3.8) is 0 Å². The molecule has 2 heterocycles. The maximum absolute atomic E-state index is 12.7. The van der Waals surface area contributed by atoms with Gasteiger partial charge in [0.15, 0.2) is 17.3 Å². The van der Waals surface area contributed by atoms with E-state index in [4.69, 9.17) is 19.6 Å². The zero-order valence-corrected chi connectivity index (χ0v) is 23.3. The van der Waals surface area contributed by atoms with Gasteiger partial charge in [-0.3, -0.25) is 10.2 Å². The number of fused-ring (bicyclic) bond motifs is 1. The molecule has 1 N–H and O–H groups in total. The molecule has 2 aliphatic heterocycles. The minimum absolute atomic E-state index is 0.0202. The molecule has 9 heteroatoms. The summed E-state index contributed by atoms with van der Waals surface area (Å²) in [7, 11) is 1.57. The Morgan fingerprint density at radius 1 is 1.05 bits per heavy atom. The molecular weight excluding hydrogens is 512 g/mol. The number of thioether (sulfide) groups is 1. The van der Waals surface area contributed by atoms with E-state index in [9.17, 15) is 4.79 Å². The number of carbonyl (C=O) groups excluding carboxylic acids is 1. The number of ether oxygens (including phenoxy) is 3. The fourth-order valence-electron chi connectivity index (χ4n) is 4.99. The van der Waals surface area contributed by atoms with Gasteiger partial charge in [-0.05, 0) is 84.8 Å². The molecule has 1 fully saturated rings. The van der Waals surface area contributed by atoms with Crippen molar-refractivity contribution < 1.29 is 19.0 Å². The molecule has 1 aliphatic carbocycles. The molecule has 2 aromatic rings. The average molecular weight is 547 g/mol. The van der Waals surface area contributed by atoms with Crippen molar-refractivity contribution in [1.82, 2.24) is 5.01 Å². The van der Waals surface area contributed by atoms with Crippen LogP contribution in [0.5, 0.6) is 17.2 Å². The van der Waals surface area contributed by atoms with E-state index < -0.39 is 5.91 Å². The molecule has 204 valence electrons. The number of aliphatic imine (C=N–C) groups is 1. The van der Waals surface area contributed by atoms with Crippen LogP contribution in [0, 0.1) is 5.41 Å². The quantitative estimate of drug-likeness (QED) is 0.266. The summed E-state index contributed by atoms with van der Waals surface area (Å²) in [6.45, 7) is 2.82. The van der Waals surface area contributed by atoms with Crippen molar-refractivity contribution in [3.8, 4) is 17.2 Å². The predicted octanol–water partition coefficient (Wildman–Crippen LogP) is 6.62. The molecule has 1 amide bonds. The van der Waals surface area contributed by atoms with Gasteiger partial charge >= 0.3 is 0 Å². The standard InChI is InChI=1S/C30H34N4O4S/c1-3-7-27-33-34-28(31)24(29(35)32-30(34)39-27)18-20-10-15-25(26(19-20)36-2)38-17-16-37-23-13-11-22(12-14-23)21-8-5-4-6-9-21/h10-15,18-19,21,31H,3-9,16-17H2,1-2H3/b24-18-,31-28?. The normalized spacial score (nSPS) is 18.6. The molecule has 0 atom stereocenters. The van der Waals surface area contributed by atoms with Crippen LogP contribution in [0.2, 0.25) is 0 Å². The predicted molar refractivity (Wildman–Crippen MR) is 156 cm³/mol. The highest BCUT2D eigenvalue weighted by atomic mass is 32.2. The Bertz CT molecular complexity index is 1310. The summed E-state index contributed by atoms with van der Waals surface area (Å²) in [5.41, 5.74) is 2.29. The molecule has 8 nitrogen and oxygen atoms in total. The Morgan fingerprint density at radius 3 is 2.56 bits per heavy atom. The van der Waals surface area contributed by atoms with Crippen molar-refractivity contribution in [2.75, 3.05) is 20.3 Å². The van der Waals surface area contributed by atoms with Crippen molar-refractivity contribution in [3.05, 3.63) is 59.2 Å². The van der Waals surface area contributed by atoms with Crippen LogP contribution in [0.3, 0.4) is 0 Å². The van der Waals surface area contributed by atoms with Gasteiger partial charge in [0, 0.05) is 0 Å². The number of hydrazone groups is 1.